The smallest absolute Gasteiger partial charge is 0.321 e. The third kappa shape index (κ3) is 2.47. The number of rotatable bonds is 4. The van der Waals surface area contributed by atoms with Crippen LogP contribution in [0.25, 0.3) is 0 Å². The summed E-state index contributed by atoms with van der Waals surface area (Å²) in [5, 5.41) is 9.38. The molecule has 17 heavy (non-hydrogen) atoms. The van der Waals surface area contributed by atoms with Crippen LogP contribution in [0.2, 0.25) is 0 Å². The van der Waals surface area contributed by atoms with E-state index in [1.807, 2.05) is 12.1 Å². The lowest BCUT2D eigenvalue weighted by atomic mass is 9.93. The van der Waals surface area contributed by atoms with Crippen LogP contribution in [0.4, 0.5) is 0 Å². The average molecular weight is 234 g/mol. The predicted molar refractivity (Wildman–Crippen MR) is 64.9 cm³/mol. The maximum Gasteiger partial charge on any atom is 0.321 e. The molecule has 1 saturated heterocycles. The highest BCUT2D eigenvalue weighted by Gasteiger charge is 2.39. The summed E-state index contributed by atoms with van der Waals surface area (Å²) in [5.74, 6) is -0.641. The van der Waals surface area contributed by atoms with Gasteiger partial charge >= 0.3 is 5.97 Å². The zero-order valence-electron chi connectivity index (χ0n) is 10.0. The Balaban J connectivity index is 2.21. The minimum atomic E-state index is -0.718. The van der Waals surface area contributed by atoms with E-state index in [1.54, 1.807) is 12.4 Å². The van der Waals surface area contributed by atoms with Crippen LogP contribution < -0.4 is 0 Å². The van der Waals surface area contributed by atoms with Crippen molar-refractivity contribution in [1.29, 1.82) is 0 Å². The monoisotopic (exact) mass is 234 g/mol. The van der Waals surface area contributed by atoms with Crippen LogP contribution in [-0.2, 0) is 4.79 Å². The number of likely N-dealkylation sites (tertiary alicyclic amines) is 1. The number of carbonyl (C=O) groups is 1. The van der Waals surface area contributed by atoms with Crippen molar-refractivity contribution in [2.45, 2.75) is 31.7 Å². The maximum atomic E-state index is 11.4. The van der Waals surface area contributed by atoms with E-state index in [0.717, 1.165) is 31.5 Å². The Labute approximate surface area is 101 Å². The Morgan fingerprint density at radius 2 is 2.47 bits per heavy atom. The molecule has 0 radical (unpaired) electrons. The first-order valence-corrected chi connectivity index (χ1v) is 6.10. The van der Waals surface area contributed by atoms with Crippen LogP contribution >= 0.6 is 0 Å². The molecule has 0 aliphatic carbocycles. The van der Waals surface area contributed by atoms with Crippen LogP contribution in [0.15, 0.2) is 24.5 Å². The Morgan fingerprint density at radius 3 is 3.06 bits per heavy atom. The Morgan fingerprint density at radius 1 is 1.65 bits per heavy atom. The number of aromatic nitrogens is 1. The van der Waals surface area contributed by atoms with Gasteiger partial charge in [0.25, 0.3) is 0 Å². The molecule has 2 rings (SSSR count). The van der Waals surface area contributed by atoms with Crippen LogP contribution in [0.5, 0.6) is 0 Å². The molecular formula is C13H18N2O2. The summed E-state index contributed by atoms with van der Waals surface area (Å²) in [4.78, 5) is 17.6. The van der Waals surface area contributed by atoms with Crippen molar-refractivity contribution in [1.82, 2.24) is 9.88 Å². The van der Waals surface area contributed by atoms with Crippen molar-refractivity contribution >= 4 is 5.97 Å². The van der Waals surface area contributed by atoms with Gasteiger partial charge in [-0.2, -0.15) is 0 Å². The molecule has 1 N–H and O–H groups in total. The Kier molecular flexibility index (Phi) is 3.74. The second-order valence-corrected chi connectivity index (χ2v) is 4.50. The molecule has 1 aliphatic rings. The third-order valence-electron chi connectivity index (χ3n) is 3.38. The summed E-state index contributed by atoms with van der Waals surface area (Å²) in [6.45, 7) is 3.80. The summed E-state index contributed by atoms with van der Waals surface area (Å²) >= 11 is 0. The summed E-state index contributed by atoms with van der Waals surface area (Å²) < 4.78 is 0. The highest BCUT2D eigenvalue weighted by molar-refractivity contribution is 5.75. The molecule has 2 heterocycles. The van der Waals surface area contributed by atoms with Gasteiger partial charge in [-0.15, -0.1) is 0 Å². The normalized spacial score (nSPS) is 25.0. The number of carboxylic acid groups (broad SMARTS) is 1. The first-order chi connectivity index (χ1) is 8.24. The van der Waals surface area contributed by atoms with E-state index in [-0.39, 0.29) is 12.0 Å². The standard InChI is InChI=1S/C13H18N2O2/c1-2-7-15-8-5-11(12(15)13(16)17)10-4-3-6-14-9-10/h3-4,6,9,11-12H,2,5,7-8H2,1H3,(H,16,17). The molecule has 4 nitrogen and oxygen atoms in total. The van der Waals surface area contributed by atoms with Gasteiger partial charge in [-0.05, 0) is 37.6 Å². The predicted octanol–water partition coefficient (Wildman–Crippen LogP) is 1.73. The van der Waals surface area contributed by atoms with Crippen molar-refractivity contribution in [2.75, 3.05) is 13.1 Å². The number of aliphatic carboxylic acids is 1. The zero-order chi connectivity index (χ0) is 12.3. The second kappa shape index (κ2) is 5.27. The molecule has 1 aromatic heterocycles. The fourth-order valence-electron chi connectivity index (χ4n) is 2.67. The summed E-state index contributed by atoms with van der Waals surface area (Å²) in [7, 11) is 0. The third-order valence-corrected chi connectivity index (χ3v) is 3.38. The molecule has 2 atom stereocenters. The van der Waals surface area contributed by atoms with Crippen molar-refractivity contribution < 1.29 is 9.90 Å². The lowest BCUT2D eigenvalue weighted by Crippen LogP contribution is -2.39. The van der Waals surface area contributed by atoms with Crippen LogP contribution in [-0.4, -0.2) is 40.1 Å². The molecule has 0 aromatic carbocycles. The van der Waals surface area contributed by atoms with Gasteiger partial charge in [0.2, 0.25) is 0 Å². The Hall–Kier alpha value is -1.42. The molecule has 2 unspecified atom stereocenters. The van der Waals surface area contributed by atoms with Gasteiger partial charge in [0.1, 0.15) is 6.04 Å². The van der Waals surface area contributed by atoms with E-state index in [4.69, 9.17) is 0 Å². The molecule has 0 saturated carbocycles. The van der Waals surface area contributed by atoms with Crippen molar-refractivity contribution in [2.24, 2.45) is 0 Å². The van der Waals surface area contributed by atoms with E-state index < -0.39 is 5.97 Å². The molecule has 0 amide bonds. The van der Waals surface area contributed by atoms with Crippen LogP contribution in [0.1, 0.15) is 31.2 Å². The molecule has 1 aromatic rings. The fourth-order valence-corrected chi connectivity index (χ4v) is 2.67. The quantitative estimate of drug-likeness (QED) is 0.862. The topological polar surface area (TPSA) is 53.4 Å². The minimum Gasteiger partial charge on any atom is -0.480 e. The van der Waals surface area contributed by atoms with Crippen LogP contribution in [0.3, 0.4) is 0 Å². The number of nitrogens with zero attached hydrogens (tertiary/aromatic N) is 2. The van der Waals surface area contributed by atoms with Crippen molar-refractivity contribution in [3.8, 4) is 0 Å². The summed E-state index contributed by atoms with van der Waals surface area (Å²) in [6, 6.07) is 3.46. The SMILES string of the molecule is CCCN1CCC(c2cccnc2)C1C(=O)O. The van der Waals surface area contributed by atoms with E-state index >= 15 is 0 Å². The molecule has 0 bridgehead atoms. The van der Waals surface area contributed by atoms with Gasteiger partial charge in [0.05, 0.1) is 0 Å². The zero-order valence-corrected chi connectivity index (χ0v) is 10.0. The number of pyridine rings is 1. The van der Waals surface area contributed by atoms with Gasteiger partial charge in [-0.3, -0.25) is 14.7 Å². The molecular weight excluding hydrogens is 216 g/mol. The van der Waals surface area contributed by atoms with Gasteiger partial charge in [-0.1, -0.05) is 13.0 Å². The van der Waals surface area contributed by atoms with Crippen molar-refractivity contribution in [3.05, 3.63) is 30.1 Å². The molecule has 92 valence electrons. The summed E-state index contributed by atoms with van der Waals surface area (Å²) in [6.07, 6.45) is 5.40. The van der Waals surface area contributed by atoms with E-state index in [1.165, 1.54) is 0 Å². The minimum absolute atomic E-state index is 0.0766. The average Bonchev–Trinajstić information content (AvgIpc) is 2.74. The number of hydrogen-bond acceptors (Lipinski definition) is 3. The Bertz CT molecular complexity index is 380. The van der Waals surface area contributed by atoms with E-state index in [2.05, 4.69) is 16.8 Å². The fraction of sp³-hybridized carbons (Fsp3) is 0.538. The highest BCUT2D eigenvalue weighted by atomic mass is 16.4. The van der Waals surface area contributed by atoms with Gasteiger partial charge in [0, 0.05) is 18.3 Å². The maximum absolute atomic E-state index is 11.4. The second-order valence-electron chi connectivity index (χ2n) is 4.50. The largest absolute Gasteiger partial charge is 0.480 e. The van der Waals surface area contributed by atoms with E-state index in [9.17, 15) is 9.90 Å². The van der Waals surface area contributed by atoms with Gasteiger partial charge in [0.15, 0.2) is 0 Å². The lowest BCUT2D eigenvalue weighted by Gasteiger charge is -2.24. The lowest BCUT2D eigenvalue weighted by molar-refractivity contribution is -0.142. The first-order valence-electron chi connectivity index (χ1n) is 6.10. The molecule has 1 aliphatic heterocycles. The number of carboxylic acids is 1. The van der Waals surface area contributed by atoms with Crippen LogP contribution in [0, 0.1) is 0 Å². The summed E-state index contributed by atoms with van der Waals surface area (Å²) in [5.41, 5.74) is 1.04. The van der Waals surface area contributed by atoms with Gasteiger partial charge in [-0.25, -0.2) is 0 Å². The first kappa shape index (κ1) is 12.0. The molecule has 0 spiro atoms. The van der Waals surface area contributed by atoms with E-state index in [0.29, 0.717) is 0 Å². The van der Waals surface area contributed by atoms with Crippen molar-refractivity contribution in [3.63, 3.8) is 0 Å². The van der Waals surface area contributed by atoms with Gasteiger partial charge < -0.3 is 5.11 Å². The number of hydrogen-bond donors (Lipinski definition) is 1. The molecule has 1 fully saturated rings. The highest BCUT2D eigenvalue weighted by Crippen LogP contribution is 2.33. The molecule has 4 heteroatoms.